The number of carboxylic acids is 1. The van der Waals surface area contributed by atoms with Crippen LogP contribution in [0.3, 0.4) is 0 Å². The molecule has 5 heteroatoms. The molecule has 1 heterocycles. The monoisotopic (exact) mass is 279 g/mol. The van der Waals surface area contributed by atoms with E-state index in [2.05, 4.69) is 0 Å². The van der Waals surface area contributed by atoms with Gasteiger partial charge in [-0.25, -0.2) is 4.39 Å². The molecule has 4 nitrogen and oxygen atoms in total. The molecule has 108 valence electrons. The molecule has 2 rings (SSSR count). The van der Waals surface area contributed by atoms with Gasteiger partial charge in [0.15, 0.2) is 0 Å². The SMILES string of the molecule is CCN1C(=O)CCCC(C(=O)O)C1c1cccc(F)c1. The summed E-state index contributed by atoms with van der Waals surface area (Å²) in [6.45, 7) is 2.23. The number of benzene rings is 1. The molecule has 1 N–H and O–H groups in total. The van der Waals surface area contributed by atoms with Gasteiger partial charge in [0.25, 0.3) is 0 Å². The molecule has 20 heavy (non-hydrogen) atoms. The second kappa shape index (κ2) is 6.03. The van der Waals surface area contributed by atoms with Crippen LogP contribution in [-0.4, -0.2) is 28.4 Å². The Kier molecular flexibility index (Phi) is 4.37. The van der Waals surface area contributed by atoms with Crippen molar-refractivity contribution in [2.75, 3.05) is 6.54 Å². The van der Waals surface area contributed by atoms with E-state index in [1.807, 2.05) is 6.92 Å². The first-order valence-corrected chi connectivity index (χ1v) is 6.82. The van der Waals surface area contributed by atoms with Crippen molar-refractivity contribution in [1.29, 1.82) is 0 Å². The van der Waals surface area contributed by atoms with Crippen LogP contribution in [0.2, 0.25) is 0 Å². The Labute approximate surface area is 117 Å². The first-order valence-electron chi connectivity index (χ1n) is 6.82. The second-order valence-corrected chi connectivity index (χ2v) is 5.02. The number of likely N-dealkylation sites (tertiary alicyclic amines) is 1. The van der Waals surface area contributed by atoms with E-state index in [9.17, 15) is 19.1 Å². The summed E-state index contributed by atoms with van der Waals surface area (Å²) in [6.07, 6.45) is 1.33. The average molecular weight is 279 g/mol. The lowest BCUT2D eigenvalue weighted by Crippen LogP contribution is -2.38. The van der Waals surface area contributed by atoms with Crippen molar-refractivity contribution >= 4 is 11.9 Å². The minimum absolute atomic E-state index is 0.0643. The van der Waals surface area contributed by atoms with Crippen molar-refractivity contribution in [2.24, 2.45) is 5.92 Å². The van der Waals surface area contributed by atoms with E-state index in [1.165, 1.54) is 12.1 Å². The van der Waals surface area contributed by atoms with Gasteiger partial charge in [-0.3, -0.25) is 9.59 Å². The number of carboxylic acid groups (broad SMARTS) is 1. The predicted molar refractivity (Wildman–Crippen MR) is 71.5 cm³/mol. The summed E-state index contributed by atoms with van der Waals surface area (Å²) < 4.78 is 13.4. The topological polar surface area (TPSA) is 57.6 Å². The summed E-state index contributed by atoms with van der Waals surface area (Å²) in [4.78, 5) is 25.2. The fourth-order valence-electron chi connectivity index (χ4n) is 2.88. The van der Waals surface area contributed by atoms with Crippen molar-refractivity contribution < 1.29 is 19.1 Å². The molecule has 2 unspecified atom stereocenters. The molecule has 1 aliphatic rings. The van der Waals surface area contributed by atoms with E-state index >= 15 is 0 Å². The highest BCUT2D eigenvalue weighted by Crippen LogP contribution is 2.35. The number of rotatable bonds is 3. The van der Waals surface area contributed by atoms with E-state index in [0.717, 1.165) is 0 Å². The van der Waals surface area contributed by atoms with Gasteiger partial charge in [-0.2, -0.15) is 0 Å². The van der Waals surface area contributed by atoms with Crippen LogP contribution >= 0.6 is 0 Å². The van der Waals surface area contributed by atoms with Gasteiger partial charge in [-0.1, -0.05) is 12.1 Å². The molecule has 0 aromatic heterocycles. The molecule has 1 fully saturated rings. The molecule has 1 aromatic carbocycles. The Morgan fingerprint density at radius 1 is 1.50 bits per heavy atom. The zero-order chi connectivity index (χ0) is 14.7. The zero-order valence-electron chi connectivity index (χ0n) is 11.4. The Bertz CT molecular complexity index is 516. The lowest BCUT2D eigenvalue weighted by molar-refractivity contribution is -0.146. The summed E-state index contributed by atoms with van der Waals surface area (Å²) in [5.74, 6) is -2.11. The van der Waals surface area contributed by atoms with Gasteiger partial charge >= 0.3 is 5.97 Å². The number of carbonyl (C=O) groups is 2. The van der Waals surface area contributed by atoms with Crippen molar-refractivity contribution in [2.45, 2.75) is 32.2 Å². The lowest BCUT2D eigenvalue weighted by atomic mass is 9.89. The number of amides is 1. The lowest BCUT2D eigenvalue weighted by Gasteiger charge is -2.33. The van der Waals surface area contributed by atoms with E-state index in [1.54, 1.807) is 17.0 Å². The maximum Gasteiger partial charge on any atom is 0.308 e. The highest BCUT2D eigenvalue weighted by molar-refractivity contribution is 5.79. The number of hydrogen-bond donors (Lipinski definition) is 1. The number of carbonyl (C=O) groups excluding carboxylic acids is 1. The highest BCUT2D eigenvalue weighted by atomic mass is 19.1. The Morgan fingerprint density at radius 2 is 2.25 bits per heavy atom. The molecule has 0 radical (unpaired) electrons. The molecule has 0 saturated carbocycles. The number of hydrogen-bond acceptors (Lipinski definition) is 2. The summed E-state index contributed by atoms with van der Waals surface area (Å²) in [5, 5.41) is 9.43. The third kappa shape index (κ3) is 2.81. The van der Waals surface area contributed by atoms with Crippen LogP contribution in [0.4, 0.5) is 4.39 Å². The van der Waals surface area contributed by atoms with E-state index < -0.39 is 23.7 Å². The van der Waals surface area contributed by atoms with Crippen LogP contribution in [0.15, 0.2) is 24.3 Å². The second-order valence-electron chi connectivity index (χ2n) is 5.02. The van der Waals surface area contributed by atoms with Crippen LogP contribution in [0.5, 0.6) is 0 Å². The molecule has 1 aliphatic heterocycles. The van der Waals surface area contributed by atoms with E-state index in [-0.39, 0.29) is 5.91 Å². The van der Waals surface area contributed by atoms with Crippen molar-refractivity contribution in [3.05, 3.63) is 35.6 Å². The van der Waals surface area contributed by atoms with Gasteiger partial charge in [-0.05, 0) is 37.5 Å². The van der Waals surface area contributed by atoms with Crippen molar-refractivity contribution in [1.82, 2.24) is 4.90 Å². The minimum Gasteiger partial charge on any atom is -0.481 e. The Balaban J connectivity index is 2.48. The normalized spacial score (nSPS) is 23.5. The molecule has 0 bridgehead atoms. The average Bonchev–Trinajstić information content (AvgIpc) is 2.57. The van der Waals surface area contributed by atoms with Crippen LogP contribution < -0.4 is 0 Å². The molecule has 0 spiro atoms. The first-order chi connectivity index (χ1) is 9.54. The summed E-state index contributed by atoms with van der Waals surface area (Å²) >= 11 is 0. The maximum absolute atomic E-state index is 13.4. The molecule has 1 aromatic rings. The van der Waals surface area contributed by atoms with Crippen LogP contribution in [0.25, 0.3) is 0 Å². The van der Waals surface area contributed by atoms with E-state index in [4.69, 9.17) is 0 Å². The number of halogens is 1. The largest absolute Gasteiger partial charge is 0.481 e. The number of aliphatic carboxylic acids is 1. The Morgan fingerprint density at radius 3 is 2.85 bits per heavy atom. The van der Waals surface area contributed by atoms with Crippen LogP contribution in [0.1, 0.15) is 37.8 Å². The zero-order valence-corrected chi connectivity index (χ0v) is 11.4. The molecule has 2 atom stereocenters. The molecular weight excluding hydrogens is 261 g/mol. The van der Waals surface area contributed by atoms with Gasteiger partial charge in [0.05, 0.1) is 12.0 Å². The predicted octanol–water partition coefficient (Wildman–Crippen LogP) is 2.60. The third-order valence-electron chi connectivity index (χ3n) is 3.79. The van der Waals surface area contributed by atoms with Gasteiger partial charge in [0, 0.05) is 13.0 Å². The number of nitrogens with zero attached hydrogens (tertiary/aromatic N) is 1. The summed E-state index contributed by atoms with van der Waals surface area (Å²) in [5.41, 5.74) is 0.550. The highest BCUT2D eigenvalue weighted by Gasteiger charge is 2.37. The van der Waals surface area contributed by atoms with Crippen LogP contribution in [-0.2, 0) is 9.59 Å². The van der Waals surface area contributed by atoms with Crippen molar-refractivity contribution in [3.8, 4) is 0 Å². The first kappa shape index (κ1) is 14.5. The van der Waals surface area contributed by atoms with Gasteiger partial charge in [0.2, 0.25) is 5.91 Å². The van der Waals surface area contributed by atoms with Gasteiger partial charge < -0.3 is 10.0 Å². The maximum atomic E-state index is 13.4. The molecule has 1 amide bonds. The fraction of sp³-hybridized carbons (Fsp3) is 0.467. The van der Waals surface area contributed by atoms with Gasteiger partial charge in [0.1, 0.15) is 5.82 Å². The molecule has 1 saturated heterocycles. The fourth-order valence-corrected chi connectivity index (χ4v) is 2.88. The molecule has 0 aliphatic carbocycles. The summed E-state index contributed by atoms with van der Waals surface area (Å²) in [7, 11) is 0. The van der Waals surface area contributed by atoms with E-state index in [0.29, 0.717) is 31.4 Å². The molecular formula is C15H18FNO3. The quantitative estimate of drug-likeness (QED) is 0.925. The summed E-state index contributed by atoms with van der Waals surface area (Å²) in [6, 6.07) is 5.27. The van der Waals surface area contributed by atoms with Gasteiger partial charge in [-0.15, -0.1) is 0 Å². The smallest absolute Gasteiger partial charge is 0.308 e. The third-order valence-corrected chi connectivity index (χ3v) is 3.79. The van der Waals surface area contributed by atoms with Crippen LogP contribution in [0, 0.1) is 11.7 Å². The standard InChI is InChI=1S/C15H18FNO3/c1-2-17-13(18)8-4-7-12(15(19)20)14(17)10-5-3-6-11(16)9-10/h3,5-6,9,12,14H,2,4,7-8H2,1H3,(H,19,20). The Hall–Kier alpha value is -1.91. The minimum atomic E-state index is -0.938. The van der Waals surface area contributed by atoms with Crippen molar-refractivity contribution in [3.63, 3.8) is 0 Å².